The van der Waals surface area contributed by atoms with Crippen molar-refractivity contribution >= 4 is 27.5 Å². The Morgan fingerprint density at radius 3 is 2.30 bits per heavy atom. The first-order chi connectivity index (χ1) is 9.46. The molecule has 106 valence electrons. The molecule has 2 aromatic carbocycles. The van der Waals surface area contributed by atoms with Crippen molar-refractivity contribution < 1.29 is 4.74 Å². The van der Waals surface area contributed by atoms with Crippen molar-refractivity contribution in [2.45, 2.75) is 24.6 Å². The van der Waals surface area contributed by atoms with Crippen molar-refractivity contribution in [2.75, 3.05) is 7.11 Å². The summed E-state index contributed by atoms with van der Waals surface area (Å²) in [6.45, 7) is 4.33. The summed E-state index contributed by atoms with van der Waals surface area (Å²) in [5.41, 5.74) is 2.15. The van der Waals surface area contributed by atoms with Crippen LogP contribution in [0.4, 0.5) is 0 Å². The van der Waals surface area contributed by atoms with E-state index in [9.17, 15) is 0 Å². The molecule has 0 bridgehead atoms. The minimum Gasteiger partial charge on any atom is -0.496 e. The molecule has 0 N–H and O–H groups in total. The van der Waals surface area contributed by atoms with Crippen molar-refractivity contribution in [3.05, 3.63) is 64.1 Å². The third-order valence-electron chi connectivity index (χ3n) is 3.62. The highest BCUT2D eigenvalue weighted by Gasteiger charge is 2.31. The van der Waals surface area contributed by atoms with Crippen LogP contribution in [0.2, 0.25) is 0 Å². The van der Waals surface area contributed by atoms with Crippen molar-refractivity contribution in [1.82, 2.24) is 0 Å². The molecule has 0 heterocycles. The van der Waals surface area contributed by atoms with Gasteiger partial charge in [-0.2, -0.15) is 0 Å². The van der Waals surface area contributed by atoms with Crippen molar-refractivity contribution in [3.63, 3.8) is 0 Å². The molecule has 0 aliphatic heterocycles. The van der Waals surface area contributed by atoms with E-state index < -0.39 is 0 Å². The third kappa shape index (κ3) is 3.02. The summed E-state index contributed by atoms with van der Waals surface area (Å²) in [5.74, 6) is 0.815. The van der Waals surface area contributed by atoms with Gasteiger partial charge < -0.3 is 4.74 Å². The molecule has 0 fully saturated rings. The zero-order valence-electron chi connectivity index (χ0n) is 11.9. The number of benzene rings is 2. The van der Waals surface area contributed by atoms with E-state index in [0.717, 1.165) is 15.8 Å². The molecule has 3 heteroatoms. The first kappa shape index (κ1) is 15.4. The molecule has 0 aliphatic carbocycles. The monoisotopic (exact) mass is 352 g/mol. The minimum absolute atomic E-state index is 0.118. The lowest BCUT2D eigenvalue weighted by molar-refractivity contribution is 0.411. The Bertz CT molecular complexity index is 581. The van der Waals surface area contributed by atoms with Crippen LogP contribution < -0.4 is 4.74 Å². The average Bonchev–Trinajstić information content (AvgIpc) is 2.47. The van der Waals surface area contributed by atoms with E-state index in [1.807, 2.05) is 36.4 Å². The van der Waals surface area contributed by atoms with Crippen LogP contribution in [0.3, 0.4) is 0 Å². The Kier molecular flexibility index (Phi) is 4.77. The molecule has 20 heavy (non-hydrogen) atoms. The van der Waals surface area contributed by atoms with Gasteiger partial charge in [-0.15, -0.1) is 11.6 Å². The molecule has 1 atom stereocenters. The smallest absolute Gasteiger partial charge is 0.133 e. The molecular formula is C17H18BrClO. The first-order valence-electron chi connectivity index (χ1n) is 6.50. The number of hydrogen-bond acceptors (Lipinski definition) is 1. The number of rotatable bonds is 4. The summed E-state index contributed by atoms with van der Waals surface area (Å²) in [5, 5.41) is -0.118. The second kappa shape index (κ2) is 6.19. The molecule has 0 radical (unpaired) electrons. The van der Waals surface area contributed by atoms with Gasteiger partial charge in [0.2, 0.25) is 0 Å². The minimum atomic E-state index is -0.156. The van der Waals surface area contributed by atoms with Crippen LogP contribution in [-0.4, -0.2) is 7.11 Å². The Hall–Kier alpha value is -0.990. The van der Waals surface area contributed by atoms with Crippen LogP contribution in [0.15, 0.2) is 53.0 Å². The Balaban J connectivity index is 2.35. The molecule has 2 rings (SSSR count). The zero-order valence-corrected chi connectivity index (χ0v) is 14.2. The van der Waals surface area contributed by atoms with Gasteiger partial charge in [-0.3, -0.25) is 0 Å². The lowest BCUT2D eigenvalue weighted by atomic mass is 9.79. The molecule has 0 spiro atoms. The summed E-state index contributed by atoms with van der Waals surface area (Å²) in [6, 6.07) is 16.3. The molecule has 0 aromatic heterocycles. The summed E-state index contributed by atoms with van der Waals surface area (Å²) in [6.07, 6.45) is 0. The maximum atomic E-state index is 6.74. The van der Waals surface area contributed by atoms with E-state index in [4.69, 9.17) is 16.3 Å². The lowest BCUT2D eigenvalue weighted by Crippen LogP contribution is -2.23. The predicted octanol–water partition coefficient (Wildman–Crippen LogP) is 5.72. The number of hydrogen-bond donors (Lipinski definition) is 0. The van der Waals surface area contributed by atoms with Crippen molar-refractivity contribution in [1.29, 1.82) is 0 Å². The van der Waals surface area contributed by atoms with Gasteiger partial charge in [-0.05, 0) is 39.2 Å². The summed E-state index contributed by atoms with van der Waals surface area (Å²) >= 11 is 10.3. The second-order valence-electron chi connectivity index (χ2n) is 5.34. The molecule has 0 amide bonds. The molecule has 1 nitrogen and oxygen atoms in total. The topological polar surface area (TPSA) is 9.23 Å². The summed E-state index contributed by atoms with van der Waals surface area (Å²) < 4.78 is 6.18. The highest BCUT2D eigenvalue weighted by atomic mass is 79.9. The first-order valence-corrected chi connectivity index (χ1v) is 7.73. The van der Waals surface area contributed by atoms with E-state index in [2.05, 4.69) is 41.9 Å². The van der Waals surface area contributed by atoms with Crippen LogP contribution in [0.1, 0.15) is 30.4 Å². The molecule has 2 aromatic rings. The van der Waals surface area contributed by atoms with Gasteiger partial charge in [0.25, 0.3) is 0 Å². The normalized spacial score (nSPS) is 13.1. The quantitative estimate of drug-likeness (QED) is 0.639. The molecular weight excluding hydrogens is 336 g/mol. The van der Waals surface area contributed by atoms with E-state index in [1.165, 1.54) is 5.56 Å². The number of ether oxygens (including phenoxy) is 1. The maximum absolute atomic E-state index is 6.74. The van der Waals surface area contributed by atoms with Crippen LogP contribution in [0.25, 0.3) is 0 Å². The maximum Gasteiger partial charge on any atom is 0.133 e. The van der Waals surface area contributed by atoms with Crippen LogP contribution in [0.5, 0.6) is 5.75 Å². The third-order valence-corrected chi connectivity index (χ3v) is 5.04. The van der Waals surface area contributed by atoms with Crippen LogP contribution >= 0.6 is 27.5 Å². The zero-order chi connectivity index (χ0) is 14.8. The fraction of sp³-hybridized carbons (Fsp3) is 0.294. The fourth-order valence-electron chi connectivity index (χ4n) is 2.27. The van der Waals surface area contributed by atoms with Gasteiger partial charge in [-0.1, -0.05) is 50.2 Å². The standard InChI is InChI=1S/C17H18BrClO/c1-17(2,13-7-5-4-6-8-13)16(19)12-9-10-15(20-3)14(18)11-12/h4-11,16H,1-3H3. The Morgan fingerprint density at radius 2 is 1.75 bits per heavy atom. The van der Waals surface area contributed by atoms with Gasteiger partial charge in [-0.25, -0.2) is 0 Å². The predicted molar refractivity (Wildman–Crippen MR) is 88.8 cm³/mol. The van der Waals surface area contributed by atoms with Gasteiger partial charge in [0.05, 0.1) is 17.0 Å². The molecule has 1 unspecified atom stereocenters. The van der Waals surface area contributed by atoms with E-state index in [-0.39, 0.29) is 10.8 Å². The van der Waals surface area contributed by atoms with Gasteiger partial charge >= 0.3 is 0 Å². The number of halogens is 2. The molecule has 0 saturated heterocycles. The van der Waals surface area contributed by atoms with Crippen molar-refractivity contribution in [3.8, 4) is 5.75 Å². The molecule has 0 saturated carbocycles. The van der Waals surface area contributed by atoms with Gasteiger partial charge in [0.1, 0.15) is 5.75 Å². The van der Waals surface area contributed by atoms with Crippen molar-refractivity contribution in [2.24, 2.45) is 0 Å². The average molecular weight is 354 g/mol. The molecule has 0 aliphatic rings. The van der Waals surface area contributed by atoms with Crippen LogP contribution in [0, 0.1) is 0 Å². The van der Waals surface area contributed by atoms with Gasteiger partial charge in [0.15, 0.2) is 0 Å². The SMILES string of the molecule is COc1ccc(C(Cl)C(C)(C)c2ccccc2)cc1Br. The largest absolute Gasteiger partial charge is 0.496 e. The summed E-state index contributed by atoms with van der Waals surface area (Å²) in [4.78, 5) is 0. The van der Waals surface area contributed by atoms with E-state index in [1.54, 1.807) is 7.11 Å². The van der Waals surface area contributed by atoms with E-state index in [0.29, 0.717) is 0 Å². The lowest BCUT2D eigenvalue weighted by Gasteiger charge is -2.31. The fourth-order valence-corrected chi connectivity index (χ4v) is 3.09. The van der Waals surface area contributed by atoms with E-state index >= 15 is 0 Å². The van der Waals surface area contributed by atoms with Crippen LogP contribution in [-0.2, 0) is 5.41 Å². The Labute approximate surface area is 134 Å². The highest BCUT2D eigenvalue weighted by Crippen LogP contribution is 2.43. The Morgan fingerprint density at radius 1 is 1.10 bits per heavy atom. The highest BCUT2D eigenvalue weighted by molar-refractivity contribution is 9.10. The number of alkyl halides is 1. The second-order valence-corrected chi connectivity index (χ2v) is 6.64. The summed E-state index contributed by atoms with van der Waals surface area (Å²) in [7, 11) is 1.66. The number of methoxy groups -OCH3 is 1. The van der Waals surface area contributed by atoms with Gasteiger partial charge in [0, 0.05) is 5.41 Å².